The Kier molecular flexibility index (Phi) is 6.82. The van der Waals surface area contributed by atoms with Gasteiger partial charge in [0.05, 0.1) is 25.9 Å². The number of amides is 1. The van der Waals surface area contributed by atoms with Gasteiger partial charge in [-0.1, -0.05) is 0 Å². The highest BCUT2D eigenvalue weighted by atomic mass is 19.2. The summed E-state index contributed by atoms with van der Waals surface area (Å²) in [6.45, 7) is 0.903. The third-order valence-electron chi connectivity index (χ3n) is 5.88. The van der Waals surface area contributed by atoms with Crippen LogP contribution in [0.4, 0.5) is 18.0 Å². The number of methoxy groups -OCH3 is 1. The minimum atomic E-state index is -1.15. The molecule has 1 heterocycles. The maximum atomic E-state index is 14.0. The van der Waals surface area contributed by atoms with E-state index in [2.05, 4.69) is 0 Å². The molecule has 1 unspecified atom stereocenters. The van der Waals surface area contributed by atoms with Crippen LogP contribution in [0.2, 0.25) is 0 Å². The number of piperidine rings is 1. The molecule has 0 aromatic heterocycles. The Bertz CT molecular complexity index is 696. The summed E-state index contributed by atoms with van der Waals surface area (Å²) in [6.07, 6.45) is 3.67. The molecule has 0 radical (unpaired) electrons. The van der Waals surface area contributed by atoms with Crippen molar-refractivity contribution in [2.45, 2.75) is 62.6 Å². The summed E-state index contributed by atoms with van der Waals surface area (Å²) >= 11 is 0. The van der Waals surface area contributed by atoms with E-state index in [1.54, 1.807) is 4.90 Å². The van der Waals surface area contributed by atoms with Crippen LogP contribution in [0.3, 0.4) is 0 Å². The molecule has 1 aromatic carbocycles. The molecule has 1 saturated heterocycles. The molecule has 1 amide bonds. The zero-order chi connectivity index (χ0) is 20.3. The summed E-state index contributed by atoms with van der Waals surface area (Å²) in [5.74, 6) is -3.11. The van der Waals surface area contributed by atoms with Gasteiger partial charge < -0.3 is 20.1 Å². The van der Waals surface area contributed by atoms with Gasteiger partial charge in [0.2, 0.25) is 0 Å². The Hall–Kier alpha value is -1.80. The number of ether oxygens (including phenoxy) is 2. The molecule has 0 spiro atoms. The zero-order valence-corrected chi connectivity index (χ0v) is 16.0. The molecule has 1 aliphatic carbocycles. The predicted molar refractivity (Wildman–Crippen MR) is 97.4 cm³/mol. The second-order valence-electron chi connectivity index (χ2n) is 7.63. The largest absolute Gasteiger partial charge is 0.453 e. The van der Waals surface area contributed by atoms with E-state index < -0.39 is 23.5 Å². The molecule has 156 valence electrons. The lowest BCUT2D eigenvalue weighted by atomic mass is 9.82. The minimum Gasteiger partial charge on any atom is -0.453 e. The molecule has 1 saturated carbocycles. The molecule has 2 aliphatic rings. The number of rotatable bonds is 4. The number of halogens is 3. The van der Waals surface area contributed by atoms with Crippen LogP contribution in [-0.4, -0.2) is 49.4 Å². The smallest absolute Gasteiger partial charge is 0.409 e. The topological polar surface area (TPSA) is 64.8 Å². The average molecular weight is 400 g/mol. The molecular weight excluding hydrogens is 373 g/mol. The second-order valence-corrected chi connectivity index (χ2v) is 7.63. The molecule has 0 bridgehead atoms. The summed E-state index contributed by atoms with van der Waals surface area (Å²) in [6, 6.07) is 1.23. The highest BCUT2D eigenvalue weighted by Crippen LogP contribution is 2.36. The quantitative estimate of drug-likeness (QED) is 0.783. The summed E-state index contributed by atoms with van der Waals surface area (Å²) in [5.41, 5.74) is 6.28. The third-order valence-corrected chi connectivity index (χ3v) is 5.88. The lowest BCUT2D eigenvalue weighted by Gasteiger charge is -2.39. The van der Waals surface area contributed by atoms with Gasteiger partial charge in [-0.25, -0.2) is 18.0 Å². The standard InChI is InChI=1S/C20H27F3N2O3/c1-27-20(26)25-8-2-3-17(24)18(25)11-28-14-6-4-12(5-7-14)15-9-13(21)10-16(22)19(15)23/h9-10,12,14,17-18H,2-8,11,24H2,1H3/t12-,14+,17?,18-/m0/s1. The van der Waals surface area contributed by atoms with Crippen LogP contribution in [0.5, 0.6) is 0 Å². The Balaban J connectivity index is 1.55. The highest BCUT2D eigenvalue weighted by molar-refractivity contribution is 5.68. The normalized spacial score (nSPS) is 28.2. The Morgan fingerprint density at radius 1 is 1.18 bits per heavy atom. The number of hydrogen-bond donors (Lipinski definition) is 1. The summed E-state index contributed by atoms with van der Waals surface area (Å²) in [4.78, 5) is 13.6. The molecule has 5 nitrogen and oxygen atoms in total. The van der Waals surface area contributed by atoms with Gasteiger partial charge in [0.15, 0.2) is 11.6 Å². The number of carbonyl (C=O) groups excluding carboxylic acids is 1. The van der Waals surface area contributed by atoms with Gasteiger partial charge in [-0.15, -0.1) is 0 Å². The van der Waals surface area contributed by atoms with E-state index in [-0.39, 0.29) is 29.7 Å². The van der Waals surface area contributed by atoms with Gasteiger partial charge in [0.1, 0.15) is 5.82 Å². The Morgan fingerprint density at radius 2 is 1.89 bits per heavy atom. The second kappa shape index (κ2) is 9.13. The van der Waals surface area contributed by atoms with Crippen LogP contribution in [0.25, 0.3) is 0 Å². The number of hydrogen-bond acceptors (Lipinski definition) is 4. The van der Waals surface area contributed by atoms with Gasteiger partial charge in [-0.05, 0) is 56.1 Å². The fourth-order valence-corrected chi connectivity index (χ4v) is 4.29. The molecule has 2 atom stereocenters. The van der Waals surface area contributed by atoms with E-state index in [0.29, 0.717) is 44.9 Å². The van der Waals surface area contributed by atoms with Crippen LogP contribution < -0.4 is 5.73 Å². The van der Waals surface area contributed by atoms with Crippen molar-refractivity contribution in [3.8, 4) is 0 Å². The van der Waals surface area contributed by atoms with Gasteiger partial charge in [0.25, 0.3) is 0 Å². The minimum absolute atomic E-state index is 0.0497. The van der Waals surface area contributed by atoms with Crippen molar-refractivity contribution in [2.75, 3.05) is 20.3 Å². The molecule has 28 heavy (non-hydrogen) atoms. The number of benzene rings is 1. The molecular formula is C20H27F3N2O3. The maximum Gasteiger partial charge on any atom is 0.409 e. The van der Waals surface area contributed by atoms with Crippen molar-refractivity contribution in [1.29, 1.82) is 0 Å². The Morgan fingerprint density at radius 3 is 2.57 bits per heavy atom. The van der Waals surface area contributed by atoms with E-state index in [9.17, 15) is 18.0 Å². The summed E-state index contributed by atoms with van der Waals surface area (Å²) in [5, 5.41) is 0. The SMILES string of the molecule is COC(=O)N1CCCC(N)[C@@H]1CO[C@H]1CC[C@@H](c2cc(F)cc(F)c2F)CC1. The van der Waals surface area contributed by atoms with Crippen LogP contribution in [0, 0.1) is 17.5 Å². The lowest BCUT2D eigenvalue weighted by Crippen LogP contribution is -2.56. The fraction of sp³-hybridized carbons (Fsp3) is 0.650. The molecule has 1 aromatic rings. The molecule has 2 fully saturated rings. The van der Waals surface area contributed by atoms with Gasteiger partial charge in [-0.2, -0.15) is 0 Å². The number of nitrogens with zero attached hydrogens (tertiary/aromatic N) is 1. The van der Waals surface area contributed by atoms with Crippen LogP contribution >= 0.6 is 0 Å². The van der Waals surface area contributed by atoms with Crippen molar-refractivity contribution in [2.24, 2.45) is 5.73 Å². The van der Waals surface area contributed by atoms with E-state index in [4.69, 9.17) is 15.2 Å². The maximum absolute atomic E-state index is 14.0. The van der Waals surface area contributed by atoms with Crippen molar-refractivity contribution in [3.63, 3.8) is 0 Å². The van der Waals surface area contributed by atoms with E-state index in [0.717, 1.165) is 18.9 Å². The van der Waals surface area contributed by atoms with E-state index >= 15 is 0 Å². The lowest BCUT2D eigenvalue weighted by molar-refractivity contribution is -0.0230. The predicted octanol–water partition coefficient (Wildman–Crippen LogP) is 3.70. The van der Waals surface area contributed by atoms with Gasteiger partial charge in [0, 0.05) is 18.7 Å². The van der Waals surface area contributed by atoms with E-state index in [1.807, 2.05) is 0 Å². The first kappa shape index (κ1) is 20.9. The van der Waals surface area contributed by atoms with Gasteiger partial charge in [-0.3, -0.25) is 0 Å². The summed E-state index contributed by atoms with van der Waals surface area (Å²) < 4.78 is 51.8. The average Bonchev–Trinajstić information content (AvgIpc) is 2.69. The molecule has 8 heteroatoms. The first-order chi connectivity index (χ1) is 13.4. The molecule has 1 aliphatic heterocycles. The van der Waals surface area contributed by atoms with Crippen molar-refractivity contribution >= 4 is 6.09 Å². The van der Waals surface area contributed by atoms with E-state index in [1.165, 1.54) is 7.11 Å². The Labute approximate surface area is 163 Å². The van der Waals surface area contributed by atoms with Crippen LogP contribution in [-0.2, 0) is 9.47 Å². The molecule has 2 N–H and O–H groups in total. The highest BCUT2D eigenvalue weighted by Gasteiger charge is 2.34. The van der Waals surface area contributed by atoms with Crippen molar-refractivity contribution in [3.05, 3.63) is 35.1 Å². The molecule has 3 rings (SSSR count). The van der Waals surface area contributed by atoms with Crippen molar-refractivity contribution in [1.82, 2.24) is 4.90 Å². The first-order valence-corrected chi connectivity index (χ1v) is 9.77. The zero-order valence-electron chi connectivity index (χ0n) is 16.0. The van der Waals surface area contributed by atoms with Gasteiger partial charge >= 0.3 is 6.09 Å². The third kappa shape index (κ3) is 4.60. The monoisotopic (exact) mass is 400 g/mol. The van der Waals surface area contributed by atoms with Crippen LogP contribution in [0.1, 0.15) is 50.0 Å². The van der Waals surface area contributed by atoms with Crippen molar-refractivity contribution < 1.29 is 27.4 Å². The number of carbonyl (C=O) groups is 1. The summed E-state index contributed by atoms with van der Waals surface area (Å²) in [7, 11) is 1.34. The first-order valence-electron chi connectivity index (χ1n) is 9.77. The number of likely N-dealkylation sites (tertiary alicyclic amines) is 1. The fourth-order valence-electron chi connectivity index (χ4n) is 4.29. The number of nitrogens with two attached hydrogens (primary N) is 1. The van der Waals surface area contributed by atoms with Crippen LogP contribution in [0.15, 0.2) is 12.1 Å².